The molecule has 0 fully saturated rings. The number of guanidine groups is 1. The Balaban J connectivity index is 1.48. The molecule has 2 aromatic heterocycles. The van der Waals surface area contributed by atoms with E-state index in [9.17, 15) is 0 Å². The number of thiazole rings is 1. The lowest BCUT2D eigenvalue weighted by Crippen LogP contribution is -2.38. The van der Waals surface area contributed by atoms with Crippen LogP contribution in [0.15, 0.2) is 41.0 Å². The summed E-state index contributed by atoms with van der Waals surface area (Å²) in [5.74, 6) is 1.59. The average molecular weight is 369 g/mol. The molecule has 0 aliphatic carbocycles. The summed E-state index contributed by atoms with van der Waals surface area (Å²) in [5.41, 5.74) is 3.51. The lowest BCUT2D eigenvalue weighted by molar-refractivity contribution is 0.672. The van der Waals surface area contributed by atoms with E-state index in [0.717, 1.165) is 35.5 Å². The number of aryl methyl sites for hydroxylation is 2. The van der Waals surface area contributed by atoms with E-state index in [1.165, 1.54) is 11.1 Å². The quantitative estimate of drug-likeness (QED) is 0.514. The van der Waals surface area contributed by atoms with Crippen molar-refractivity contribution >= 4 is 17.3 Å². The van der Waals surface area contributed by atoms with Crippen molar-refractivity contribution in [1.82, 2.24) is 30.4 Å². The smallest absolute Gasteiger partial charge is 0.191 e. The van der Waals surface area contributed by atoms with E-state index in [1.807, 2.05) is 7.05 Å². The summed E-state index contributed by atoms with van der Waals surface area (Å²) < 4.78 is 1.74. The van der Waals surface area contributed by atoms with Crippen molar-refractivity contribution in [2.24, 2.45) is 12.0 Å². The van der Waals surface area contributed by atoms with Crippen LogP contribution in [0.25, 0.3) is 10.6 Å². The lowest BCUT2D eigenvalue weighted by atomic mass is 10.2. The Hall–Kier alpha value is -2.74. The molecule has 136 valence electrons. The first-order valence-corrected chi connectivity index (χ1v) is 9.32. The van der Waals surface area contributed by atoms with E-state index >= 15 is 0 Å². The Morgan fingerprint density at radius 2 is 2.04 bits per heavy atom. The third-order valence-corrected chi connectivity index (χ3v) is 4.91. The van der Waals surface area contributed by atoms with E-state index in [-0.39, 0.29) is 0 Å². The highest BCUT2D eigenvalue weighted by Crippen LogP contribution is 2.24. The second kappa shape index (κ2) is 8.57. The van der Waals surface area contributed by atoms with E-state index in [2.05, 4.69) is 62.3 Å². The third kappa shape index (κ3) is 4.66. The van der Waals surface area contributed by atoms with Crippen LogP contribution in [0.3, 0.4) is 0 Å². The number of nitrogens with zero attached hydrogens (tertiary/aromatic N) is 5. The lowest BCUT2D eigenvalue weighted by Gasteiger charge is -2.10. The molecule has 0 saturated heterocycles. The molecule has 0 aliphatic rings. The van der Waals surface area contributed by atoms with Gasteiger partial charge in [-0.15, -0.1) is 11.3 Å². The van der Waals surface area contributed by atoms with Crippen LogP contribution >= 0.6 is 11.3 Å². The fourth-order valence-corrected chi connectivity index (χ4v) is 3.28. The zero-order valence-corrected chi connectivity index (χ0v) is 16.0. The first kappa shape index (κ1) is 18.1. The van der Waals surface area contributed by atoms with Gasteiger partial charge in [-0.25, -0.2) is 9.97 Å². The number of aliphatic imine (C=N–C) groups is 1. The van der Waals surface area contributed by atoms with Crippen LogP contribution in [-0.4, -0.2) is 39.3 Å². The molecule has 3 rings (SSSR count). The first-order valence-electron chi connectivity index (χ1n) is 8.44. The molecule has 0 aliphatic heterocycles. The molecule has 0 atom stereocenters. The number of nitrogens with one attached hydrogen (secondary N) is 2. The van der Waals surface area contributed by atoms with Crippen molar-refractivity contribution in [2.75, 3.05) is 13.6 Å². The second-order valence-corrected chi connectivity index (χ2v) is 6.77. The minimum Gasteiger partial charge on any atom is -0.356 e. The van der Waals surface area contributed by atoms with Crippen molar-refractivity contribution in [3.05, 3.63) is 53.1 Å². The minimum absolute atomic E-state index is 0.574. The summed E-state index contributed by atoms with van der Waals surface area (Å²) in [4.78, 5) is 13.1. The number of benzene rings is 1. The van der Waals surface area contributed by atoms with E-state index < -0.39 is 0 Å². The van der Waals surface area contributed by atoms with Gasteiger partial charge >= 0.3 is 0 Å². The van der Waals surface area contributed by atoms with Gasteiger partial charge < -0.3 is 10.6 Å². The molecule has 0 spiro atoms. The van der Waals surface area contributed by atoms with E-state index in [4.69, 9.17) is 4.98 Å². The molecule has 7 nitrogen and oxygen atoms in total. The van der Waals surface area contributed by atoms with Gasteiger partial charge in [0.05, 0.1) is 12.2 Å². The molecular formula is C18H23N7S. The molecular weight excluding hydrogens is 346 g/mol. The summed E-state index contributed by atoms with van der Waals surface area (Å²) in [6, 6.07) is 8.47. The molecule has 0 amide bonds. The Kier molecular flexibility index (Phi) is 5.96. The number of hydrogen-bond donors (Lipinski definition) is 2. The minimum atomic E-state index is 0.574. The highest BCUT2D eigenvalue weighted by molar-refractivity contribution is 7.13. The number of rotatable bonds is 6. The molecule has 2 N–H and O–H groups in total. The molecule has 3 aromatic rings. The van der Waals surface area contributed by atoms with Gasteiger partial charge in [0.25, 0.3) is 0 Å². The van der Waals surface area contributed by atoms with Crippen LogP contribution in [0.1, 0.15) is 17.1 Å². The predicted molar refractivity (Wildman–Crippen MR) is 105 cm³/mol. The van der Waals surface area contributed by atoms with Crippen LogP contribution in [0, 0.1) is 6.92 Å². The van der Waals surface area contributed by atoms with Crippen molar-refractivity contribution in [3.63, 3.8) is 0 Å². The third-order valence-electron chi connectivity index (χ3n) is 3.97. The van der Waals surface area contributed by atoms with Crippen LogP contribution < -0.4 is 10.6 Å². The van der Waals surface area contributed by atoms with Crippen molar-refractivity contribution in [3.8, 4) is 10.6 Å². The SMILES string of the molecule is CN=C(NCCc1csc(-c2ccc(C)cc2)n1)NCc1ncnn1C. The van der Waals surface area contributed by atoms with Gasteiger partial charge in [-0.3, -0.25) is 9.67 Å². The maximum Gasteiger partial charge on any atom is 0.191 e. The zero-order chi connectivity index (χ0) is 18.4. The van der Waals surface area contributed by atoms with Gasteiger partial charge in [-0.05, 0) is 6.92 Å². The number of hydrogen-bond acceptors (Lipinski definition) is 5. The molecule has 1 aromatic carbocycles. The van der Waals surface area contributed by atoms with Gasteiger partial charge in [-0.1, -0.05) is 29.8 Å². The van der Waals surface area contributed by atoms with Gasteiger partial charge in [-0.2, -0.15) is 5.10 Å². The van der Waals surface area contributed by atoms with Crippen LogP contribution in [0.2, 0.25) is 0 Å². The van der Waals surface area contributed by atoms with E-state index in [1.54, 1.807) is 29.4 Å². The normalized spacial score (nSPS) is 11.6. The summed E-state index contributed by atoms with van der Waals surface area (Å²) in [6.07, 6.45) is 2.38. The monoisotopic (exact) mass is 369 g/mol. The summed E-state index contributed by atoms with van der Waals surface area (Å²) in [5, 5.41) is 13.8. The van der Waals surface area contributed by atoms with Gasteiger partial charge in [0, 0.05) is 38.0 Å². The number of aromatic nitrogens is 4. The van der Waals surface area contributed by atoms with Crippen molar-refractivity contribution < 1.29 is 0 Å². The molecule has 26 heavy (non-hydrogen) atoms. The zero-order valence-electron chi connectivity index (χ0n) is 15.2. The first-order chi connectivity index (χ1) is 12.7. The Labute approximate surface area is 157 Å². The fourth-order valence-electron chi connectivity index (χ4n) is 2.42. The van der Waals surface area contributed by atoms with Gasteiger partial charge in [0.2, 0.25) is 0 Å². The molecule has 0 unspecified atom stereocenters. The highest BCUT2D eigenvalue weighted by atomic mass is 32.1. The Morgan fingerprint density at radius 1 is 1.23 bits per heavy atom. The highest BCUT2D eigenvalue weighted by Gasteiger charge is 2.06. The largest absolute Gasteiger partial charge is 0.356 e. The molecule has 0 saturated carbocycles. The molecule has 0 bridgehead atoms. The van der Waals surface area contributed by atoms with Gasteiger partial charge in [0.15, 0.2) is 5.96 Å². The van der Waals surface area contributed by atoms with Gasteiger partial charge in [0.1, 0.15) is 17.2 Å². The summed E-state index contributed by atoms with van der Waals surface area (Å²) in [7, 11) is 3.62. The topological polar surface area (TPSA) is 80.0 Å². The van der Waals surface area contributed by atoms with E-state index in [0.29, 0.717) is 6.54 Å². The van der Waals surface area contributed by atoms with Crippen LogP contribution in [0.5, 0.6) is 0 Å². The van der Waals surface area contributed by atoms with Crippen LogP contribution in [0.4, 0.5) is 0 Å². The molecule has 8 heteroatoms. The summed E-state index contributed by atoms with van der Waals surface area (Å²) >= 11 is 1.68. The predicted octanol–water partition coefficient (Wildman–Crippen LogP) is 2.15. The molecule has 0 radical (unpaired) electrons. The van der Waals surface area contributed by atoms with Crippen molar-refractivity contribution in [1.29, 1.82) is 0 Å². The summed E-state index contributed by atoms with van der Waals surface area (Å²) in [6.45, 7) is 3.42. The Morgan fingerprint density at radius 3 is 2.73 bits per heavy atom. The average Bonchev–Trinajstić information content (AvgIpc) is 3.28. The molecule has 2 heterocycles. The Bertz CT molecular complexity index is 864. The van der Waals surface area contributed by atoms with Crippen molar-refractivity contribution in [2.45, 2.75) is 19.9 Å². The fraction of sp³-hybridized carbons (Fsp3) is 0.333. The standard InChI is InChI=1S/C18H23N7S/c1-13-4-6-14(7-5-13)17-24-15(11-26-17)8-9-20-18(19-2)21-10-16-22-12-23-25(16)3/h4-7,11-12H,8-10H2,1-3H3,(H2,19,20,21). The maximum atomic E-state index is 4.73. The van der Waals surface area contributed by atoms with Crippen LogP contribution in [-0.2, 0) is 20.0 Å². The second-order valence-electron chi connectivity index (χ2n) is 5.91. The maximum absolute atomic E-state index is 4.73.